The summed E-state index contributed by atoms with van der Waals surface area (Å²) in [6, 6.07) is 9.31. The molecule has 2 heterocycles. The first-order valence-corrected chi connectivity index (χ1v) is 6.69. The summed E-state index contributed by atoms with van der Waals surface area (Å²) in [5.74, 6) is 1.18. The van der Waals surface area contributed by atoms with Crippen LogP contribution >= 0.6 is 12.4 Å². The van der Waals surface area contributed by atoms with E-state index < -0.39 is 0 Å². The SMILES string of the molecule is Cl.O=C(Cc1noc([C@@H]2CCNC2)n1)Nc1ccccc1. The van der Waals surface area contributed by atoms with Gasteiger partial charge < -0.3 is 15.2 Å². The second kappa shape index (κ2) is 7.19. The zero-order valence-corrected chi connectivity index (χ0v) is 12.2. The summed E-state index contributed by atoms with van der Waals surface area (Å²) < 4.78 is 5.22. The molecule has 1 saturated heterocycles. The molecule has 21 heavy (non-hydrogen) atoms. The van der Waals surface area contributed by atoms with Gasteiger partial charge in [-0.3, -0.25) is 4.79 Å². The topological polar surface area (TPSA) is 80.1 Å². The molecule has 2 aromatic rings. The molecule has 3 rings (SSSR count). The van der Waals surface area contributed by atoms with Gasteiger partial charge in [-0.1, -0.05) is 23.4 Å². The van der Waals surface area contributed by atoms with Crippen molar-refractivity contribution in [3.05, 3.63) is 42.0 Å². The highest BCUT2D eigenvalue weighted by atomic mass is 35.5. The summed E-state index contributed by atoms with van der Waals surface area (Å²) in [7, 11) is 0. The van der Waals surface area contributed by atoms with Gasteiger partial charge in [0.05, 0.1) is 12.3 Å². The van der Waals surface area contributed by atoms with E-state index in [9.17, 15) is 4.79 Å². The standard InChI is InChI=1S/C14H16N4O2.ClH/c19-13(16-11-4-2-1-3-5-11)8-12-17-14(20-18-12)10-6-7-15-9-10;/h1-5,10,15H,6-9H2,(H,16,19);1H/t10-;/m1./s1. The maximum atomic E-state index is 11.9. The molecule has 0 radical (unpaired) electrons. The van der Waals surface area contributed by atoms with Gasteiger partial charge in [0.25, 0.3) is 0 Å². The average molecular weight is 309 g/mol. The highest BCUT2D eigenvalue weighted by molar-refractivity contribution is 5.91. The minimum Gasteiger partial charge on any atom is -0.339 e. The van der Waals surface area contributed by atoms with Crippen LogP contribution in [0, 0.1) is 0 Å². The number of carbonyl (C=O) groups excluding carboxylic acids is 1. The lowest BCUT2D eigenvalue weighted by molar-refractivity contribution is -0.115. The van der Waals surface area contributed by atoms with E-state index in [-0.39, 0.29) is 30.7 Å². The molecule has 1 aromatic carbocycles. The molecule has 112 valence electrons. The minimum atomic E-state index is -0.145. The summed E-state index contributed by atoms with van der Waals surface area (Å²) in [5, 5.41) is 9.91. The largest absolute Gasteiger partial charge is 0.339 e. The predicted octanol–water partition coefficient (Wildman–Crippen LogP) is 1.75. The van der Waals surface area contributed by atoms with E-state index >= 15 is 0 Å². The predicted molar refractivity (Wildman–Crippen MR) is 80.5 cm³/mol. The fourth-order valence-corrected chi connectivity index (χ4v) is 2.24. The van der Waals surface area contributed by atoms with Crippen LogP contribution in [0.25, 0.3) is 0 Å². The van der Waals surface area contributed by atoms with Crippen LogP contribution in [0.3, 0.4) is 0 Å². The molecule has 1 aromatic heterocycles. The van der Waals surface area contributed by atoms with Crippen LogP contribution < -0.4 is 10.6 Å². The van der Waals surface area contributed by atoms with Crippen LogP contribution in [0.4, 0.5) is 5.69 Å². The van der Waals surface area contributed by atoms with E-state index in [4.69, 9.17) is 4.52 Å². The number of nitrogens with zero attached hydrogens (tertiary/aromatic N) is 2. The second-order valence-electron chi connectivity index (χ2n) is 4.83. The van der Waals surface area contributed by atoms with Gasteiger partial charge in [-0.15, -0.1) is 12.4 Å². The molecule has 0 bridgehead atoms. The number of para-hydroxylation sites is 1. The molecule has 0 saturated carbocycles. The normalized spacial score (nSPS) is 17.2. The third-order valence-electron chi connectivity index (χ3n) is 3.27. The van der Waals surface area contributed by atoms with Crippen molar-refractivity contribution in [1.29, 1.82) is 0 Å². The van der Waals surface area contributed by atoms with E-state index in [0.717, 1.165) is 25.2 Å². The molecule has 1 fully saturated rings. The van der Waals surface area contributed by atoms with Crippen molar-refractivity contribution < 1.29 is 9.32 Å². The molecule has 1 aliphatic heterocycles. The number of anilines is 1. The lowest BCUT2D eigenvalue weighted by Gasteiger charge is -2.02. The van der Waals surface area contributed by atoms with Crippen LogP contribution in [0.1, 0.15) is 24.1 Å². The van der Waals surface area contributed by atoms with Crippen LogP contribution in [0.2, 0.25) is 0 Å². The van der Waals surface area contributed by atoms with Gasteiger partial charge >= 0.3 is 0 Å². The Hall–Kier alpha value is -1.92. The Bertz CT molecular complexity index is 582. The van der Waals surface area contributed by atoms with Crippen LogP contribution in [0.5, 0.6) is 0 Å². The minimum absolute atomic E-state index is 0. The number of benzene rings is 1. The third-order valence-corrected chi connectivity index (χ3v) is 3.27. The molecular weight excluding hydrogens is 292 g/mol. The van der Waals surface area contributed by atoms with Crippen molar-refractivity contribution in [2.24, 2.45) is 0 Å². The fraction of sp³-hybridized carbons (Fsp3) is 0.357. The van der Waals surface area contributed by atoms with E-state index in [1.54, 1.807) is 0 Å². The molecule has 7 heteroatoms. The van der Waals surface area contributed by atoms with Gasteiger partial charge in [0.15, 0.2) is 5.82 Å². The lowest BCUT2D eigenvalue weighted by atomic mass is 10.1. The van der Waals surface area contributed by atoms with Gasteiger partial charge in [0.2, 0.25) is 11.8 Å². The number of rotatable bonds is 4. The Balaban J connectivity index is 0.00000161. The van der Waals surface area contributed by atoms with Crippen LogP contribution in [-0.2, 0) is 11.2 Å². The molecule has 6 nitrogen and oxygen atoms in total. The van der Waals surface area contributed by atoms with Gasteiger partial charge in [-0.2, -0.15) is 4.98 Å². The van der Waals surface area contributed by atoms with Gasteiger partial charge in [-0.25, -0.2) is 0 Å². The third kappa shape index (κ3) is 4.03. The first-order valence-electron chi connectivity index (χ1n) is 6.69. The average Bonchev–Trinajstić information content (AvgIpc) is 3.10. The molecule has 2 N–H and O–H groups in total. The van der Waals surface area contributed by atoms with Gasteiger partial charge in [0.1, 0.15) is 0 Å². The maximum absolute atomic E-state index is 11.9. The van der Waals surface area contributed by atoms with E-state index in [1.165, 1.54) is 0 Å². The molecule has 0 unspecified atom stereocenters. The Morgan fingerprint density at radius 3 is 2.90 bits per heavy atom. The molecule has 0 spiro atoms. The summed E-state index contributed by atoms with van der Waals surface area (Å²) in [4.78, 5) is 16.2. The number of halogens is 1. The summed E-state index contributed by atoms with van der Waals surface area (Å²) >= 11 is 0. The number of carbonyl (C=O) groups is 1. The number of hydrogen-bond donors (Lipinski definition) is 2. The number of hydrogen-bond acceptors (Lipinski definition) is 5. The maximum Gasteiger partial charge on any atom is 0.232 e. The monoisotopic (exact) mass is 308 g/mol. The van der Waals surface area contributed by atoms with E-state index in [1.807, 2.05) is 30.3 Å². The van der Waals surface area contributed by atoms with E-state index in [0.29, 0.717) is 11.7 Å². The van der Waals surface area contributed by atoms with Crippen molar-refractivity contribution >= 4 is 24.0 Å². The van der Waals surface area contributed by atoms with Crippen molar-refractivity contribution in [1.82, 2.24) is 15.5 Å². The number of amides is 1. The summed E-state index contributed by atoms with van der Waals surface area (Å²) in [5.41, 5.74) is 0.765. The van der Waals surface area contributed by atoms with Crippen LogP contribution in [-0.4, -0.2) is 29.1 Å². The zero-order chi connectivity index (χ0) is 13.8. The van der Waals surface area contributed by atoms with Crippen molar-refractivity contribution in [2.45, 2.75) is 18.8 Å². The molecule has 1 atom stereocenters. The first kappa shape index (κ1) is 15.5. The van der Waals surface area contributed by atoms with E-state index in [2.05, 4.69) is 20.8 Å². The van der Waals surface area contributed by atoms with Gasteiger partial charge in [0, 0.05) is 12.2 Å². The first-order chi connectivity index (χ1) is 9.81. The van der Waals surface area contributed by atoms with Crippen molar-refractivity contribution in [3.8, 4) is 0 Å². The second-order valence-corrected chi connectivity index (χ2v) is 4.83. The Morgan fingerprint density at radius 1 is 1.38 bits per heavy atom. The highest BCUT2D eigenvalue weighted by Gasteiger charge is 2.23. The van der Waals surface area contributed by atoms with Gasteiger partial charge in [-0.05, 0) is 25.1 Å². The van der Waals surface area contributed by atoms with Crippen LogP contribution in [0.15, 0.2) is 34.9 Å². The number of aromatic nitrogens is 2. The molecule has 1 amide bonds. The lowest BCUT2D eigenvalue weighted by Crippen LogP contribution is -2.15. The zero-order valence-electron chi connectivity index (χ0n) is 11.4. The molecule has 0 aliphatic carbocycles. The molecule has 1 aliphatic rings. The summed E-state index contributed by atoms with van der Waals surface area (Å²) in [6.45, 7) is 1.83. The quantitative estimate of drug-likeness (QED) is 0.899. The Labute approximate surface area is 128 Å². The summed E-state index contributed by atoms with van der Waals surface area (Å²) in [6.07, 6.45) is 1.12. The highest BCUT2D eigenvalue weighted by Crippen LogP contribution is 2.20. The Kier molecular flexibility index (Phi) is 5.30. The van der Waals surface area contributed by atoms with Crippen molar-refractivity contribution in [3.63, 3.8) is 0 Å². The fourth-order valence-electron chi connectivity index (χ4n) is 2.24. The Morgan fingerprint density at radius 2 is 2.19 bits per heavy atom. The number of nitrogens with one attached hydrogen (secondary N) is 2. The molecular formula is C14H17ClN4O2. The smallest absolute Gasteiger partial charge is 0.232 e. The van der Waals surface area contributed by atoms with Crippen molar-refractivity contribution in [2.75, 3.05) is 18.4 Å².